The maximum Gasteiger partial charge on any atom is 0.406 e. The third-order valence-corrected chi connectivity index (χ3v) is 2.55. The van der Waals surface area contributed by atoms with E-state index in [0.29, 0.717) is 9.80 Å². The van der Waals surface area contributed by atoms with Gasteiger partial charge in [-0.25, -0.2) is 0 Å². The summed E-state index contributed by atoms with van der Waals surface area (Å²) in [6, 6.07) is 6.07. The van der Waals surface area contributed by atoms with Crippen LogP contribution in [0.5, 0.6) is 0 Å². The van der Waals surface area contributed by atoms with Gasteiger partial charge in [-0.05, 0) is 12.1 Å². The summed E-state index contributed by atoms with van der Waals surface area (Å²) in [7, 11) is 0. The van der Waals surface area contributed by atoms with E-state index < -0.39 is 25.2 Å². The van der Waals surface area contributed by atoms with E-state index in [1.807, 2.05) is 0 Å². The highest BCUT2D eigenvalue weighted by atomic mass is 32.1. The average molecular weight is 279 g/mol. The van der Waals surface area contributed by atoms with Crippen LogP contribution in [-0.2, 0) is 0 Å². The van der Waals surface area contributed by atoms with Gasteiger partial charge in [0.15, 0.2) is 0 Å². The van der Waals surface area contributed by atoms with E-state index in [-0.39, 0.29) is 12.1 Å². The van der Waals surface area contributed by atoms with Crippen LogP contribution in [0.3, 0.4) is 0 Å². The second-order valence-corrected chi connectivity index (χ2v) is 4.06. The Morgan fingerprint density at radius 1 is 1.33 bits per heavy atom. The molecule has 0 aliphatic rings. The van der Waals surface area contributed by atoms with E-state index in [1.54, 1.807) is 6.07 Å². The van der Waals surface area contributed by atoms with Crippen LogP contribution in [0.1, 0.15) is 10.4 Å². The van der Waals surface area contributed by atoms with E-state index in [2.05, 4.69) is 12.6 Å². The number of hydrogen-bond acceptors (Lipinski definition) is 3. The van der Waals surface area contributed by atoms with Crippen molar-refractivity contribution >= 4 is 18.5 Å². The Morgan fingerprint density at radius 2 is 1.94 bits per heavy atom. The lowest BCUT2D eigenvalue weighted by molar-refractivity contribution is -0.141. The van der Waals surface area contributed by atoms with Crippen LogP contribution in [0.2, 0.25) is 0 Å². The minimum atomic E-state index is -4.50. The molecule has 0 fully saturated rings. The summed E-state index contributed by atoms with van der Waals surface area (Å²) < 4.78 is 36.9. The average Bonchev–Trinajstić information content (AvgIpc) is 2.26. The molecule has 0 bridgehead atoms. The maximum atomic E-state index is 12.3. The van der Waals surface area contributed by atoms with Crippen LogP contribution in [-0.4, -0.2) is 41.8 Å². The molecule has 0 saturated heterocycles. The summed E-state index contributed by atoms with van der Waals surface area (Å²) in [4.78, 5) is 12.7. The number of carbonyl (C=O) groups is 1. The molecule has 1 aromatic carbocycles. The fourth-order valence-electron chi connectivity index (χ4n) is 1.41. The van der Waals surface area contributed by atoms with Crippen molar-refractivity contribution in [2.24, 2.45) is 0 Å². The molecule has 0 aliphatic carbocycles. The van der Waals surface area contributed by atoms with Gasteiger partial charge in [-0.3, -0.25) is 4.79 Å². The second-order valence-electron chi connectivity index (χ2n) is 3.58. The van der Waals surface area contributed by atoms with Crippen LogP contribution in [0.25, 0.3) is 0 Å². The molecular weight excluding hydrogens is 267 g/mol. The summed E-state index contributed by atoms with van der Waals surface area (Å²) in [5.41, 5.74) is 0.0820. The molecule has 7 heteroatoms. The highest BCUT2D eigenvalue weighted by molar-refractivity contribution is 7.80. The number of hydrogen-bond donors (Lipinski definition) is 2. The lowest BCUT2D eigenvalue weighted by Gasteiger charge is -2.23. The molecule has 0 spiro atoms. The van der Waals surface area contributed by atoms with Gasteiger partial charge in [0.05, 0.1) is 12.2 Å². The monoisotopic (exact) mass is 279 g/mol. The Labute approximate surface area is 108 Å². The number of carbonyl (C=O) groups excluding carboxylic acids is 1. The highest BCUT2D eigenvalue weighted by Gasteiger charge is 2.33. The molecule has 0 heterocycles. The Kier molecular flexibility index (Phi) is 5.03. The van der Waals surface area contributed by atoms with Gasteiger partial charge in [0.1, 0.15) is 6.54 Å². The van der Waals surface area contributed by atoms with E-state index >= 15 is 0 Å². The number of nitrogens with zero attached hydrogens (tertiary/aromatic N) is 1. The molecule has 0 unspecified atom stereocenters. The van der Waals surface area contributed by atoms with Crippen LogP contribution < -0.4 is 0 Å². The van der Waals surface area contributed by atoms with Crippen molar-refractivity contribution in [1.29, 1.82) is 0 Å². The van der Waals surface area contributed by atoms with Gasteiger partial charge in [0.25, 0.3) is 5.91 Å². The first kappa shape index (κ1) is 14.8. The summed E-state index contributed by atoms with van der Waals surface area (Å²) >= 11 is 4.02. The van der Waals surface area contributed by atoms with Gasteiger partial charge in [0.2, 0.25) is 0 Å². The second kappa shape index (κ2) is 6.10. The molecule has 1 rings (SSSR count). The number of aliphatic hydroxyl groups is 1. The number of benzene rings is 1. The van der Waals surface area contributed by atoms with Gasteiger partial charge in [0, 0.05) is 11.4 Å². The molecule has 1 N–H and O–H groups in total. The normalized spacial score (nSPS) is 11.4. The number of aliphatic hydroxyl groups excluding tert-OH is 1. The van der Waals surface area contributed by atoms with Crippen LogP contribution in [0.15, 0.2) is 29.2 Å². The SMILES string of the molecule is O=C(c1ccccc1S)N(CCO)CC(F)(F)F. The third kappa shape index (κ3) is 4.23. The van der Waals surface area contributed by atoms with Crippen LogP contribution in [0, 0.1) is 0 Å². The fourth-order valence-corrected chi connectivity index (χ4v) is 1.67. The van der Waals surface area contributed by atoms with E-state index in [4.69, 9.17) is 5.11 Å². The quantitative estimate of drug-likeness (QED) is 0.827. The highest BCUT2D eigenvalue weighted by Crippen LogP contribution is 2.20. The topological polar surface area (TPSA) is 40.5 Å². The fraction of sp³-hybridized carbons (Fsp3) is 0.364. The number of alkyl halides is 3. The van der Waals surface area contributed by atoms with Crippen molar-refractivity contribution in [1.82, 2.24) is 4.90 Å². The smallest absolute Gasteiger partial charge is 0.395 e. The number of rotatable bonds is 4. The van der Waals surface area contributed by atoms with Crippen molar-refractivity contribution < 1.29 is 23.1 Å². The number of amides is 1. The van der Waals surface area contributed by atoms with Gasteiger partial charge in [-0.15, -0.1) is 12.6 Å². The minimum absolute atomic E-state index is 0.0820. The summed E-state index contributed by atoms with van der Waals surface area (Å²) in [6.45, 7) is -2.30. The first-order chi connectivity index (χ1) is 8.35. The predicted octanol–water partition coefficient (Wildman–Crippen LogP) is 1.97. The van der Waals surface area contributed by atoms with Gasteiger partial charge in [-0.2, -0.15) is 13.2 Å². The largest absolute Gasteiger partial charge is 0.406 e. The van der Waals surface area contributed by atoms with Gasteiger partial charge in [-0.1, -0.05) is 12.1 Å². The lowest BCUT2D eigenvalue weighted by Crippen LogP contribution is -2.40. The van der Waals surface area contributed by atoms with Crippen LogP contribution >= 0.6 is 12.6 Å². The summed E-state index contributed by atoms with van der Waals surface area (Å²) in [5, 5.41) is 8.72. The van der Waals surface area contributed by atoms with E-state index in [9.17, 15) is 18.0 Å². The van der Waals surface area contributed by atoms with Crippen LogP contribution in [0.4, 0.5) is 13.2 Å². The molecule has 0 radical (unpaired) electrons. The Balaban J connectivity index is 2.93. The molecular formula is C11H12F3NO2S. The Bertz CT molecular complexity index is 423. The maximum absolute atomic E-state index is 12.3. The molecule has 0 atom stereocenters. The molecule has 0 aliphatic heterocycles. The van der Waals surface area contributed by atoms with Crippen molar-refractivity contribution in [3.05, 3.63) is 29.8 Å². The van der Waals surface area contributed by atoms with E-state index in [1.165, 1.54) is 18.2 Å². The molecule has 100 valence electrons. The van der Waals surface area contributed by atoms with Gasteiger partial charge >= 0.3 is 6.18 Å². The molecule has 0 aromatic heterocycles. The minimum Gasteiger partial charge on any atom is -0.395 e. The Morgan fingerprint density at radius 3 is 2.44 bits per heavy atom. The summed E-state index contributed by atoms with van der Waals surface area (Å²) in [5.74, 6) is -0.799. The molecule has 3 nitrogen and oxygen atoms in total. The zero-order valence-corrected chi connectivity index (χ0v) is 10.2. The first-order valence-electron chi connectivity index (χ1n) is 5.10. The predicted molar refractivity (Wildman–Crippen MR) is 62.7 cm³/mol. The standard InChI is InChI=1S/C11H12F3NO2S/c12-11(13,14)7-15(5-6-16)10(17)8-3-1-2-4-9(8)18/h1-4,16,18H,5-7H2. The molecule has 18 heavy (non-hydrogen) atoms. The van der Waals surface area contributed by atoms with Crippen molar-refractivity contribution in [2.75, 3.05) is 19.7 Å². The lowest BCUT2D eigenvalue weighted by atomic mass is 10.2. The number of halogens is 3. The first-order valence-corrected chi connectivity index (χ1v) is 5.55. The molecule has 1 amide bonds. The molecule has 1 aromatic rings. The summed E-state index contributed by atoms with van der Waals surface area (Å²) in [6.07, 6.45) is -4.50. The van der Waals surface area contributed by atoms with Crippen molar-refractivity contribution in [3.8, 4) is 0 Å². The third-order valence-electron chi connectivity index (χ3n) is 2.16. The van der Waals surface area contributed by atoms with Crippen molar-refractivity contribution in [3.63, 3.8) is 0 Å². The molecule has 0 saturated carbocycles. The zero-order chi connectivity index (χ0) is 13.8. The number of thiol groups is 1. The zero-order valence-electron chi connectivity index (χ0n) is 9.31. The van der Waals surface area contributed by atoms with Crippen molar-refractivity contribution in [2.45, 2.75) is 11.1 Å². The van der Waals surface area contributed by atoms with Gasteiger partial charge < -0.3 is 10.0 Å². The Hall–Kier alpha value is -1.21. The van der Waals surface area contributed by atoms with E-state index in [0.717, 1.165) is 0 Å².